The van der Waals surface area contributed by atoms with E-state index in [2.05, 4.69) is 4.74 Å². The van der Waals surface area contributed by atoms with Gasteiger partial charge in [-0.3, -0.25) is 0 Å². The average Bonchev–Trinajstić information content (AvgIpc) is 1.61. The van der Waals surface area contributed by atoms with Gasteiger partial charge in [0, 0.05) is 13.7 Å². The maximum atomic E-state index is 4.80. The van der Waals surface area contributed by atoms with Crippen LogP contribution in [0.2, 0.25) is 0 Å². The third-order valence-corrected chi connectivity index (χ3v) is 0.900. The van der Waals surface area contributed by atoms with Gasteiger partial charge in [-0.1, -0.05) is 0 Å². The summed E-state index contributed by atoms with van der Waals surface area (Å²) >= 11 is 0.823. The molecule has 2 nitrogen and oxygen atoms in total. The van der Waals surface area contributed by atoms with Gasteiger partial charge in [-0.25, -0.2) is 0 Å². The van der Waals surface area contributed by atoms with Crippen LogP contribution in [0.5, 0.6) is 0 Å². The van der Waals surface area contributed by atoms with Gasteiger partial charge in [0.2, 0.25) is 0 Å². The minimum atomic E-state index is 0. The molecule has 0 atom stereocenters. The molecule has 0 saturated heterocycles. The molecule has 0 N–H and O–H groups in total. The number of hydrogen-bond acceptors (Lipinski definition) is 2. The second-order valence-corrected chi connectivity index (χ2v) is 1.56. The summed E-state index contributed by atoms with van der Waals surface area (Å²) in [4.78, 5) is 0. The van der Waals surface area contributed by atoms with Gasteiger partial charge in [0.15, 0.2) is 0 Å². The molecule has 0 aliphatic carbocycles. The van der Waals surface area contributed by atoms with Crippen LogP contribution in [0, 0.1) is 0 Å². The molecule has 0 rings (SSSR count). The molecule has 0 fully saturated rings. The van der Waals surface area contributed by atoms with Gasteiger partial charge in [0.1, 0.15) is 0 Å². The Kier molecular flexibility index (Phi) is 16.8. The van der Waals surface area contributed by atoms with Crippen molar-refractivity contribution in [3.63, 3.8) is 0 Å². The first kappa shape index (κ1) is 11.3. The van der Waals surface area contributed by atoms with E-state index in [0.717, 1.165) is 29.8 Å². The Morgan fingerprint density at radius 2 is 2.14 bits per heavy atom. The number of methoxy groups -OCH3 is 1. The minimum absolute atomic E-state index is 0. The quantitative estimate of drug-likeness (QED) is 0.352. The first-order valence-electron chi connectivity index (χ1n) is 1.89. The van der Waals surface area contributed by atoms with Crippen LogP contribution in [-0.2, 0) is 8.53 Å². The fraction of sp³-hybridized carbons (Fsp3) is 1.00. The van der Waals surface area contributed by atoms with Crippen LogP contribution >= 0.6 is 0 Å². The third kappa shape index (κ3) is 11.2. The number of hydrogen-bond donors (Lipinski definition) is 0. The zero-order valence-corrected chi connectivity index (χ0v) is 6.23. The summed E-state index contributed by atoms with van der Waals surface area (Å²) in [6.07, 6.45) is 0. The molecule has 0 bridgehead atoms. The van der Waals surface area contributed by atoms with E-state index >= 15 is 0 Å². The van der Waals surface area contributed by atoms with Crippen LogP contribution in [0.25, 0.3) is 0 Å². The summed E-state index contributed by atoms with van der Waals surface area (Å²) in [5.74, 6) is 0. The van der Waals surface area contributed by atoms with E-state index in [1.165, 1.54) is 0 Å². The molecule has 0 saturated carbocycles. The van der Waals surface area contributed by atoms with Crippen molar-refractivity contribution in [1.82, 2.24) is 0 Å². The molecule has 0 spiro atoms. The van der Waals surface area contributed by atoms with E-state index in [4.69, 9.17) is 3.79 Å². The predicted octanol–water partition coefficient (Wildman–Crippen LogP) is -1.23. The van der Waals surface area contributed by atoms with Gasteiger partial charge >= 0.3 is 49.0 Å². The van der Waals surface area contributed by atoms with Crippen molar-refractivity contribution in [2.24, 2.45) is 0 Å². The van der Waals surface area contributed by atoms with E-state index in [1.807, 2.05) is 0 Å². The fourth-order valence-corrected chi connectivity index (χ4v) is 0.333. The summed E-state index contributed by atoms with van der Waals surface area (Å²) < 4.78 is 9.48. The van der Waals surface area contributed by atoms with Gasteiger partial charge in [0.25, 0.3) is 0 Å². The van der Waals surface area contributed by atoms with Crippen LogP contribution in [-0.4, -0.2) is 66.5 Å². The standard InChI is InChI=1S/C3H7O2.Al.Na.3H/c1-5-3-2-4;;;;;/h2-3H2,1H3;;;;;/q-1;+1;;;;/p+2. The van der Waals surface area contributed by atoms with Crippen molar-refractivity contribution < 1.29 is 11.4 Å². The molecule has 0 amide bonds. The van der Waals surface area contributed by atoms with E-state index in [9.17, 15) is 0 Å². The van der Waals surface area contributed by atoms with E-state index in [-0.39, 0.29) is 32.4 Å². The van der Waals surface area contributed by atoms with Crippen molar-refractivity contribution in [3.05, 3.63) is 0 Å². The fourth-order valence-electron chi connectivity index (χ4n) is 0.167. The van der Waals surface area contributed by atoms with Crippen LogP contribution in [0.3, 0.4) is 0 Å². The predicted molar refractivity (Wildman–Crippen MR) is 35.7 cm³/mol. The Balaban J connectivity index is -0.0000000417. The van der Waals surface area contributed by atoms with Crippen molar-refractivity contribution in [2.45, 2.75) is 0 Å². The van der Waals surface area contributed by atoms with Crippen LogP contribution in [0.4, 0.5) is 0 Å². The summed E-state index contributed by atoms with van der Waals surface area (Å²) in [6, 6.07) is 0. The number of rotatable bonds is 3. The van der Waals surface area contributed by atoms with E-state index < -0.39 is 0 Å². The first-order valence-corrected chi connectivity index (χ1v) is 2.71. The Bertz CT molecular complexity index is 31.8. The zero-order valence-electron chi connectivity index (χ0n) is 6.23. The molecule has 38 valence electrons. The Morgan fingerprint density at radius 1 is 1.57 bits per heavy atom. The summed E-state index contributed by atoms with van der Waals surface area (Å²) in [6.45, 7) is 1.48. The average molecular weight is 130 g/mol. The summed E-state index contributed by atoms with van der Waals surface area (Å²) in [5, 5.41) is 0. The Morgan fingerprint density at radius 3 is 2.29 bits per heavy atom. The summed E-state index contributed by atoms with van der Waals surface area (Å²) in [7, 11) is 1.67. The second-order valence-electron chi connectivity index (χ2n) is 0.986. The monoisotopic (exact) mass is 130 g/mol. The van der Waals surface area contributed by atoms with Crippen molar-refractivity contribution in [1.29, 1.82) is 0 Å². The van der Waals surface area contributed by atoms with Gasteiger partial charge in [-0.05, 0) is 0 Å². The molecule has 0 heterocycles. The molecule has 0 radical (unpaired) electrons. The van der Waals surface area contributed by atoms with Crippen LogP contribution < -0.4 is 0 Å². The molecule has 0 aliphatic heterocycles. The van der Waals surface area contributed by atoms with Gasteiger partial charge in [-0.2, -0.15) is 0 Å². The van der Waals surface area contributed by atoms with E-state index in [1.54, 1.807) is 7.11 Å². The van der Waals surface area contributed by atoms with Crippen molar-refractivity contribution in [2.75, 3.05) is 20.3 Å². The molecule has 7 heavy (non-hydrogen) atoms. The maximum absolute atomic E-state index is 4.80. The van der Waals surface area contributed by atoms with Gasteiger partial charge < -0.3 is 8.53 Å². The molecular weight excluding hydrogens is 118 g/mol. The third-order valence-electron chi connectivity index (χ3n) is 0.492. The van der Waals surface area contributed by atoms with Gasteiger partial charge in [-0.15, -0.1) is 0 Å². The second kappa shape index (κ2) is 10.4. The first-order chi connectivity index (χ1) is 2.91. The van der Waals surface area contributed by atoms with Crippen LogP contribution in [0.15, 0.2) is 0 Å². The van der Waals surface area contributed by atoms with Crippen molar-refractivity contribution >= 4 is 46.2 Å². The molecule has 0 unspecified atom stereocenters. The molecule has 0 aromatic heterocycles. The van der Waals surface area contributed by atoms with E-state index in [0.29, 0.717) is 0 Å². The molecule has 0 aliphatic rings. The van der Waals surface area contributed by atoms with Crippen LogP contribution in [0.1, 0.15) is 2.85 Å². The Hall–Kier alpha value is 1.45. The molecular formula is C3H12AlNaO2+2. The van der Waals surface area contributed by atoms with Gasteiger partial charge in [0.05, 0.1) is 6.61 Å². The topological polar surface area (TPSA) is 18.5 Å². The Labute approximate surface area is 77.6 Å². The normalized spacial score (nSPS) is 7.57. The number of ether oxygens (including phenoxy) is 1. The summed E-state index contributed by atoms with van der Waals surface area (Å²) in [5.41, 5.74) is 0. The molecule has 0 aromatic rings. The van der Waals surface area contributed by atoms with Crippen molar-refractivity contribution in [3.8, 4) is 0 Å². The molecule has 4 heteroatoms. The SMILES string of the molecule is COCC[O][AlH2].[H+].[H+].[NaH]. The zero-order chi connectivity index (χ0) is 4.83. The molecule has 0 aromatic carbocycles.